The van der Waals surface area contributed by atoms with E-state index in [4.69, 9.17) is 0 Å². The number of benzene rings is 1. The van der Waals surface area contributed by atoms with E-state index in [9.17, 15) is 4.79 Å². The third-order valence-corrected chi connectivity index (χ3v) is 3.69. The lowest BCUT2D eigenvalue weighted by molar-refractivity contribution is 0.103. The first-order valence-electron chi connectivity index (χ1n) is 5.21. The molecule has 0 fully saturated rings. The standard InChI is InChI=1S/C14H13OP/c1-10-8-16-9-13(11(10)2)14(15)12-6-4-3-5-7-12/h3-9H,1-2H3. The van der Waals surface area contributed by atoms with Gasteiger partial charge >= 0.3 is 0 Å². The number of carbonyl (C=O) groups is 1. The predicted molar refractivity (Wildman–Crippen MR) is 68.3 cm³/mol. The minimum Gasteiger partial charge on any atom is -0.289 e. The van der Waals surface area contributed by atoms with Gasteiger partial charge in [-0.2, -0.15) is 0 Å². The van der Waals surface area contributed by atoms with Crippen LogP contribution in [0.2, 0.25) is 0 Å². The SMILES string of the molecule is Cc1cpcc(C(=O)c2ccccc2)c1C. The van der Waals surface area contributed by atoms with Gasteiger partial charge in [0.2, 0.25) is 0 Å². The summed E-state index contributed by atoms with van der Waals surface area (Å²) in [4.78, 5) is 12.2. The van der Waals surface area contributed by atoms with Crippen molar-refractivity contribution in [2.75, 3.05) is 0 Å². The van der Waals surface area contributed by atoms with Gasteiger partial charge in [0.1, 0.15) is 0 Å². The first-order valence-corrected chi connectivity index (χ1v) is 6.24. The third kappa shape index (κ3) is 2.05. The van der Waals surface area contributed by atoms with Gasteiger partial charge in [-0.3, -0.25) is 4.79 Å². The van der Waals surface area contributed by atoms with Crippen molar-refractivity contribution in [3.63, 3.8) is 0 Å². The molecule has 0 aliphatic rings. The molecule has 0 saturated heterocycles. The van der Waals surface area contributed by atoms with Crippen LogP contribution in [0.4, 0.5) is 0 Å². The van der Waals surface area contributed by atoms with Crippen LogP contribution >= 0.6 is 8.19 Å². The minimum atomic E-state index is 0.123. The van der Waals surface area contributed by atoms with Crippen molar-refractivity contribution in [2.45, 2.75) is 13.8 Å². The number of aryl methyl sites for hydroxylation is 1. The molecule has 1 aromatic heterocycles. The zero-order valence-electron chi connectivity index (χ0n) is 9.40. The van der Waals surface area contributed by atoms with Crippen molar-refractivity contribution >= 4 is 14.0 Å². The Morgan fingerprint density at radius 2 is 1.75 bits per heavy atom. The fraction of sp³-hybridized carbons (Fsp3) is 0.143. The van der Waals surface area contributed by atoms with E-state index in [2.05, 4.69) is 5.80 Å². The largest absolute Gasteiger partial charge is 0.289 e. The fourth-order valence-electron chi connectivity index (χ4n) is 1.60. The lowest BCUT2D eigenvalue weighted by atomic mass is 10.0. The summed E-state index contributed by atoms with van der Waals surface area (Å²) >= 11 is 0. The maximum atomic E-state index is 12.2. The van der Waals surface area contributed by atoms with E-state index >= 15 is 0 Å². The van der Waals surface area contributed by atoms with E-state index in [1.807, 2.05) is 50.0 Å². The molecule has 0 saturated carbocycles. The molecule has 1 heterocycles. The van der Waals surface area contributed by atoms with E-state index in [0.29, 0.717) is 0 Å². The lowest BCUT2D eigenvalue weighted by Gasteiger charge is -2.06. The van der Waals surface area contributed by atoms with Gasteiger partial charge < -0.3 is 0 Å². The van der Waals surface area contributed by atoms with Crippen LogP contribution in [0.15, 0.2) is 41.9 Å². The van der Waals surface area contributed by atoms with E-state index in [0.717, 1.165) is 24.9 Å². The van der Waals surface area contributed by atoms with Crippen LogP contribution in [0.1, 0.15) is 27.0 Å². The van der Waals surface area contributed by atoms with Crippen molar-refractivity contribution in [3.8, 4) is 0 Å². The second kappa shape index (κ2) is 4.59. The van der Waals surface area contributed by atoms with Crippen LogP contribution in [0.3, 0.4) is 0 Å². The summed E-state index contributed by atoms with van der Waals surface area (Å²) in [5.41, 5.74) is 3.89. The van der Waals surface area contributed by atoms with E-state index in [-0.39, 0.29) is 5.78 Å². The molecule has 1 nitrogen and oxygen atoms in total. The summed E-state index contributed by atoms with van der Waals surface area (Å²) in [5, 5.41) is 0. The number of carbonyl (C=O) groups excluding carboxylic acids is 1. The Morgan fingerprint density at radius 1 is 1.06 bits per heavy atom. The first-order chi connectivity index (χ1) is 7.70. The molecule has 0 radical (unpaired) electrons. The molecular weight excluding hydrogens is 215 g/mol. The van der Waals surface area contributed by atoms with Gasteiger partial charge in [0, 0.05) is 11.1 Å². The molecule has 2 aromatic rings. The smallest absolute Gasteiger partial charge is 0.193 e. The highest BCUT2D eigenvalue weighted by molar-refractivity contribution is 7.28. The maximum Gasteiger partial charge on any atom is 0.193 e. The molecule has 80 valence electrons. The fourth-order valence-corrected chi connectivity index (χ4v) is 2.56. The average Bonchev–Trinajstić information content (AvgIpc) is 2.33. The normalized spacial score (nSPS) is 10.6. The Kier molecular flexibility index (Phi) is 3.17. The monoisotopic (exact) mass is 228 g/mol. The summed E-state index contributed by atoms with van der Waals surface area (Å²) in [5.74, 6) is 4.23. The van der Waals surface area contributed by atoms with Gasteiger partial charge in [0.15, 0.2) is 5.78 Å². The Bertz CT molecular complexity index is 518. The van der Waals surface area contributed by atoms with Crippen LogP contribution in [-0.4, -0.2) is 5.78 Å². The lowest BCUT2D eigenvalue weighted by Crippen LogP contribution is -2.03. The molecule has 1 aromatic carbocycles. The van der Waals surface area contributed by atoms with Crippen molar-refractivity contribution in [1.29, 1.82) is 0 Å². The summed E-state index contributed by atoms with van der Waals surface area (Å²) < 4.78 is 0. The van der Waals surface area contributed by atoms with E-state index in [1.54, 1.807) is 0 Å². The number of ketones is 1. The van der Waals surface area contributed by atoms with Crippen molar-refractivity contribution in [1.82, 2.24) is 0 Å². The minimum absolute atomic E-state index is 0.123. The number of hydrogen-bond acceptors (Lipinski definition) is 1. The second-order valence-corrected chi connectivity index (χ2v) is 4.64. The molecule has 16 heavy (non-hydrogen) atoms. The molecule has 0 N–H and O–H groups in total. The Morgan fingerprint density at radius 3 is 2.44 bits per heavy atom. The molecule has 0 bridgehead atoms. The molecule has 0 amide bonds. The predicted octanol–water partition coefficient (Wildman–Crippen LogP) is 4.11. The van der Waals surface area contributed by atoms with Crippen molar-refractivity contribution in [3.05, 3.63) is 64.2 Å². The highest BCUT2D eigenvalue weighted by atomic mass is 31.0. The summed E-state index contributed by atoms with van der Waals surface area (Å²) in [7, 11) is 1.10. The van der Waals surface area contributed by atoms with Gasteiger partial charge in [-0.1, -0.05) is 38.5 Å². The molecule has 2 rings (SSSR count). The van der Waals surface area contributed by atoms with Gasteiger partial charge in [0.05, 0.1) is 0 Å². The molecule has 0 aliphatic carbocycles. The second-order valence-electron chi connectivity index (χ2n) is 3.82. The van der Waals surface area contributed by atoms with E-state index in [1.165, 1.54) is 5.56 Å². The zero-order chi connectivity index (χ0) is 11.5. The molecule has 0 spiro atoms. The molecular formula is C14H13OP. The van der Waals surface area contributed by atoms with Gasteiger partial charge in [0.25, 0.3) is 0 Å². The summed E-state index contributed by atoms with van der Waals surface area (Å²) in [6.07, 6.45) is 0. The van der Waals surface area contributed by atoms with Crippen LogP contribution in [0.5, 0.6) is 0 Å². The molecule has 0 unspecified atom stereocenters. The summed E-state index contributed by atoms with van der Waals surface area (Å²) in [6.45, 7) is 4.06. The molecule has 0 atom stereocenters. The Balaban J connectivity index is 2.46. The topological polar surface area (TPSA) is 17.1 Å². The van der Waals surface area contributed by atoms with Crippen LogP contribution < -0.4 is 0 Å². The Labute approximate surface area is 97.2 Å². The third-order valence-electron chi connectivity index (χ3n) is 2.75. The molecule has 2 heteroatoms. The average molecular weight is 228 g/mol. The Hall–Kier alpha value is -1.46. The first kappa shape index (κ1) is 11.0. The number of hydrogen-bond donors (Lipinski definition) is 0. The van der Waals surface area contributed by atoms with Crippen molar-refractivity contribution in [2.24, 2.45) is 0 Å². The van der Waals surface area contributed by atoms with Crippen LogP contribution in [-0.2, 0) is 0 Å². The van der Waals surface area contributed by atoms with Gasteiger partial charge in [-0.15, -0.1) is 0 Å². The van der Waals surface area contributed by atoms with Gasteiger partial charge in [-0.25, -0.2) is 0 Å². The highest BCUT2D eigenvalue weighted by Gasteiger charge is 2.11. The zero-order valence-corrected chi connectivity index (χ0v) is 10.3. The van der Waals surface area contributed by atoms with Crippen LogP contribution in [0, 0.1) is 13.8 Å². The number of rotatable bonds is 2. The summed E-state index contributed by atoms with van der Waals surface area (Å²) in [6, 6.07) is 9.44. The van der Waals surface area contributed by atoms with Crippen molar-refractivity contribution < 1.29 is 4.79 Å². The highest BCUT2D eigenvalue weighted by Crippen LogP contribution is 2.21. The quantitative estimate of drug-likeness (QED) is 0.707. The van der Waals surface area contributed by atoms with Crippen LogP contribution in [0.25, 0.3) is 0 Å². The molecule has 0 aliphatic heterocycles. The maximum absolute atomic E-state index is 12.2. The van der Waals surface area contributed by atoms with Gasteiger partial charge in [-0.05, 0) is 36.6 Å². The van der Waals surface area contributed by atoms with E-state index < -0.39 is 0 Å².